The Hall–Kier alpha value is -2.57. The van der Waals surface area contributed by atoms with Crippen molar-refractivity contribution in [2.45, 2.75) is 25.8 Å². The second kappa shape index (κ2) is 10.2. The first-order valence-corrected chi connectivity index (χ1v) is 11.2. The number of nitrogens with zero attached hydrogens (tertiary/aromatic N) is 2. The first-order chi connectivity index (χ1) is 15.1. The van der Waals surface area contributed by atoms with Gasteiger partial charge in [-0.3, -0.25) is 9.69 Å². The van der Waals surface area contributed by atoms with Crippen LogP contribution in [0.4, 0.5) is 5.69 Å². The number of hydrogen-bond acceptors (Lipinski definition) is 5. The number of benzene rings is 2. The molecule has 6 heteroatoms. The van der Waals surface area contributed by atoms with Gasteiger partial charge in [-0.25, -0.2) is 0 Å². The molecule has 0 aliphatic carbocycles. The van der Waals surface area contributed by atoms with Crippen LogP contribution in [0, 0.1) is 6.92 Å². The molecule has 0 saturated carbocycles. The van der Waals surface area contributed by atoms with Crippen molar-refractivity contribution in [2.24, 2.45) is 0 Å². The fourth-order valence-corrected chi connectivity index (χ4v) is 4.40. The highest BCUT2D eigenvalue weighted by Gasteiger charge is 2.25. The van der Waals surface area contributed by atoms with Gasteiger partial charge >= 0.3 is 0 Å². The predicted molar refractivity (Wildman–Crippen MR) is 123 cm³/mol. The summed E-state index contributed by atoms with van der Waals surface area (Å²) in [4.78, 5) is 17.2. The summed E-state index contributed by atoms with van der Waals surface area (Å²) in [6.45, 7) is 6.92. The molecule has 4 rings (SSSR count). The van der Waals surface area contributed by atoms with Crippen LogP contribution in [-0.4, -0.2) is 63.9 Å². The minimum atomic E-state index is -0.100. The Morgan fingerprint density at radius 2 is 1.90 bits per heavy atom. The highest BCUT2D eigenvalue weighted by atomic mass is 16.5. The van der Waals surface area contributed by atoms with Crippen molar-refractivity contribution >= 4 is 11.6 Å². The van der Waals surface area contributed by atoms with Gasteiger partial charge in [-0.15, -0.1) is 0 Å². The van der Waals surface area contributed by atoms with Crippen LogP contribution in [0.15, 0.2) is 42.5 Å². The minimum Gasteiger partial charge on any atom is -0.484 e. The predicted octanol–water partition coefficient (Wildman–Crippen LogP) is 2.95. The third-order valence-corrected chi connectivity index (χ3v) is 6.21. The lowest BCUT2D eigenvalue weighted by Gasteiger charge is -2.36. The average molecular weight is 424 g/mol. The molecule has 2 aromatic rings. The second-order valence-corrected chi connectivity index (χ2v) is 8.48. The molecule has 1 fully saturated rings. The van der Waals surface area contributed by atoms with E-state index in [1.165, 1.54) is 28.8 Å². The van der Waals surface area contributed by atoms with Crippen molar-refractivity contribution in [1.29, 1.82) is 0 Å². The van der Waals surface area contributed by atoms with Crippen molar-refractivity contribution in [2.75, 3.05) is 57.9 Å². The number of amides is 1. The molecule has 1 N–H and O–H groups in total. The Kier molecular flexibility index (Phi) is 7.10. The number of aryl methyl sites for hydroxylation is 2. The van der Waals surface area contributed by atoms with Gasteiger partial charge in [-0.1, -0.05) is 29.8 Å². The SMILES string of the molecule is Cc1ccc(OCC(=O)NC[C@H](c2ccc3c(c2)CCCN3C)N2CCOCC2)cc1. The van der Waals surface area contributed by atoms with Crippen molar-refractivity contribution in [3.05, 3.63) is 59.2 Å². The molecule has 0 unspecified atom stereocenters. The van der Waals surface area contributed by atoms with E-state index in [4.69, 9.17) is 9.47 Å². The van der Waals surface area contributed by atoms with Crippen LogP contribution in [0.5, 0.6) is 5.75 Å². The summed E-state index contributed by atoms with van der Waals surface area (Å²) in [6, 6.07) is 14.7. The summed E-state index contributed by atoms with van der Waals surface area (Å²) in [7, 11) is 2.16. The van der Waals surface area contributed by atoms with Gasteiger partial charge in [-0.05, 0) is 49.1 Å². The number of carbonyl (C=O) groups is 1. The Morgan fingerprint density at radius 1 is 1.13 bits per heavy atom. The fourth-order valence-electron chi connectivity index (χ4n) is 4.40. The van der Waals surface area contributed by atoms with E-state index in [2.05, 4.69) is 40.4 Å². The molecule has 2 aliphatic rings. The molecule has 0 radical (unpaired) electrons. The number of hydrogen-bond donors (Lipinski definition) is 1. The lowest BCUT2D eigenvalue weighted by Crippen LogP contribution is -2.44. The molecule has 2 aromatic carbocycles. The summed E-state index contributed by atoms with van der Waals surface area (Å²) in [5, 5.41) is 3.09. The van der Waals surface area contributed by atoms with Crippen LogP contribution in [-0.2, 0) is 16.0 Å². The van der Waals surface area contributed by atoms with Crippen molar-refractivity contribution in [1.82, 2.24) is 10.2 Å². The minimum absolute atomic E-state index is 0.0217. The van der Waals surface area contributed by atoms with E-state index in [0.29, 0.717) is 12.3 Å². The van der Waals surface area contributed by atoms with Gasteiger partial charge in [0, 0.05) is 38.9 Å². The van der Waals surface area contributed by atoms with E-state index in [0.717, 1.165) is 39.3 Å². The number of nitrogens with one attached hydrogen (secondary N) is 1. The summed E-state index contributed by atoms with van der Waals surface area (Å²) in [5.74, 6) is 0.612. The molecule has 0 spiro atoms. The molecule has 0 aromatic heterocycles. The Labute approximate surface area is 185 Å². The maximum atomic E-state index is 12.5. The monoisotopic (exact) mass is 423 g/mol. The van der Waals surface area contributed by atoms with Gasteiger partial charge in [0.15, 0.2) is 6.61 Å². The Morgan fingerprint density at radius 3 is 2.68 bits per heavy atom. The normalized spacial score (nSPS) is 17.7. The third kappa shape index (κ3) is 5.57. The standard InChI is InChI=1S/C25H33N3O3/c1-19-5-8-22(9-6-19)31-18-25(29)26-17-24(28-12-14-30-15-13-28)21-7-10-23-20(16-21)4-3-11-27(23)2/h5-10,16,24H,3-4,11-15,17-18H2,1-2H3,(H,26,29)/t24-/m1/s1. The lowest BCUT2D eigenvalue weighted by molar-refractivity contribution is -0.123. The molecular formula is C25H33N3O3. The molecule has 2 aliphatic heterocycles. The molecule has 166 valence electrons. The van der Waals surface area contributed by atoms with Crippen LogP contribution in [0.3, 0.4) is 0 Å². The average Bonchev–Trinajstić information content (AvgIpc) is 2.80. The zero-order valence-corrected chi connectivity index (χ0v) is 18.6. The summed E-state index contributed by atoms with van der Waals surface area (Å²) in [6.07, 6.45) is 2.29. The second-order valence-electron chi connectivity index (χ2n) is 8.48. The number of fused-ring (bicyclic) bond motifs is 1. The summed E-state index contributed by atoms with van der Waals surface area (Å²) < 4.78 is 11.2. The zero-order chi connectivity index (χ0) is 21.6. The largest absolute Gasteiger partial charge is 0.484 e. The highest BCUT2D eigenvalue weighted by Crippen LogP contribution is 2.30. The molecule has 31 heavy (non-hydrogen) atoms. The maximum Gasteiger partial charge on any atom is 0.258 e. The summed E-state index contributed by atoms with van der Waals surface area (Å²) in [5.41, 5.74) is 5.15. The highest BCUT2D eigenvalue weighted by molar-refractivity contribution is 5.77. The molecule has 1 atom stereocenters. The van der Waals surface area contributed by atoms with Gasteiger partial charge in [0.05, 0.1) is 19.3 Å². The maximum absolute atomic E-state index is 12.5. The number of ether oxygens (including phenoxy) is 2. The topological polar surface area (TPSA) is 54.0 Å². The van der Waals surface area contributed by atoms with E-state index in [-0.39, 0.29) is 18.6 Å². The van der Waals surface area contributed by atoms with Crippen LogP contribution >= 0.6 is 0 Å². The quantitative estimate of drug-likeness (QED) is 0.742. The molecule has 6 nitrogen and oxygen atoms in total. The van der Waals surface area contributed by atoms with Crippen LogP contribution in [0.2, 0.25) is 0 Å². The van der Waals surface area contributed by atoms with Crippen LogP contribution in [0.1, 0.15) is 29.2 Å². The smallest absolute Gasteiger partial charge is 0.258 e. The van der Waals surface area contributed by atoms with Gasteiger partial charge < -0.3 is 19.7 Å². The Bertz CT molecular complexity index is 878. The van der Waals surface area contributed by atoms with Gasteiger partial charge in [0.25, 0.3) is 5.91 Å². The van der Waals surface area contributed by atoms with Gasteiger partial charge in [-0.2, -0.15) is 0 Å². The van der Waals surface area contributed by atoms with E-state index in [9.17, 15) is 4.79 Å². The van der Waals surface area contributed by atoms with E-state index < -0.39 is 0 Å². The fraction of sp³-hybridized carbons (Fsp3) is 0.480. The van der Waals surface area contributed by atoms with E-state index in [1.54, 1.807) is 0 Å². The molecular weight excluding hydrogens is 390 g/mol. The van der Waals surface area contributed by atoms with E-state index >= 15 is 0 Å². The van der Waals surface area contributed by atoms with Crippen molar-refractivity contribution in [3.63, 3.8) is 0 Å². The number of morpholine rings is 1. The van der Waals surface area contributed by atoms with Crippen LogP contribution < -0.4 is 15.0 Å². The molecule has 1 amide bonds. The molecule has 2 heterocycles. The first-order valence-electron chi connectivity index (χ1n) is 11.2. The first kappa shape index (κ1) is 21.7. The Balaban J connectivity index is 1.42. The van der Waals surface area contributed by atoms with Crippen molar-refractivity contribution in [3.8, 4) is 5.75 Å². The molecule has 1 saturated heterocycles. The number of carbonyl (C=O) groups excluding carboxylic acids is 1. The summed E-state index contributed by atoms with van der Waals surface area (Å²) >= 11 is 0. The van der Waals surface area contributed by atoms with E-state index in [1.807, 2.05) is 31.2 Å². The third-order valence-electron chi connectivity index (χ3n) is 6.21. The molecule has 0 bridgehead atoms. The van der Waals surface area contributed by atoms with Gasteiger partial charge in [0.1, 0.15) is 5.75 Å². The van der Waals surface area contributed by atoms with Crippen molar-refractivity contribution < 1.29 is 14.3 Å². The number of anilines is 1. The van der Waals surface area contributed by atoms with Crippen LogP contribution in [0.25, 0.3) is 0 Å². The van der Waals surface area contributed by atoms with Gasteiger partial charge in [0.2, 0.25) is 0 Å². The lowest BCUT2D eigenvalue weighted by atomic mass is 9.95. The number of rotatable bonds is 7. The zero-order valence-electron chi connectivity index (χ0n) is 18.6.